The van der Waals surface area contributed by atoms with Gasteiger partial charge in [0.2, 0.25) is 0 Å². The molecule has 0 heterocycles. The number of allylic oxidation sites excluding steroid dienone is 6. The van der Waals surface area contributed by atoms with E-state index in [1.54, 1.807) is 6.92 Å². The number of rotatable bonds is 12. The molecule has 2 bridgehead atoms. The predicted octanol–water partition coefficient (Wildman–Crippen LogP) is 7.19. The van der Waals surface area contributed by atoms with Crippen LogP contribution >= 0.6 is 0 Å². The van der Waals surface area contributed by atoms with E-state index in [0.29, 0.717) is 18.4 Å². The van der Waals surface area contributed by atoms with Gasteiger partial charge in [-0.15, -0.1) is 0 Å². The van der Waals surface area contributed by atoms with Crippen LogP contribution in [0.2, 0.25) is 0 Å². The van der Waals surface area contributed by atoms with Crippen LogP contribution in [0.3, 0.4) is 0 Å². The van der Waals surface area contributed by atoms with Gasteiger partial charge in [0.05, 0.1) is 23.0 Å². The number of ketones is 3. The van der Waals surface area contributed by atoms with Gasteiger partial charge in [0.1, 0.15) is 5.92 Å². The minimum absolute atomic E-state index is 0.0367. The number of fused-ring (bicyclic) bond motifs is 2. The fourth-order valence-electron chi connectivity index (χ4n) is 7.64. The van der Waals surface area contributed by atoms with Gasteiger partial charge < -0.3 is 20.4 Å². The van der Waals surface area contributed by atoms with E-state index < -0.39 is 57.4 Å². The molecule has 2 unspecified atom stereocenters. The summed E-state index contributed by atoms with van der Waals surface area (Å²) < 4.78 is 0. The zero-order chi connectivity index (χ0) is 34.1. The van der Waals surface area contributed by atoms with Crippen molar-refractivity contribution in [2.75, 3.05) is 0 Å². The molecule has 0 spiro atoms. The van der Waals surface area contributed by atoms with Crippen molar-refractivity contribution in [1.29, 1.82) is 0 Å². The van der Waals surface area contributed by atoms with Gasteiger partial charge in [0.15, 0.2) is 28.8 Å². The monoisotopic (exact) mass is 620 g/mol. The second-order valence-electron chi connectivity index (χ2n) is 14.5. The van der Waals surface area contributed by atoms with Crippen LogP contribution in [-0.4, -0.2) is 50.0 Å². The molecule has 7 nitrogen and oxygen atoms in total. The number of phenols is 2. The highest BCUT2D eigenvalue weighted by molar-refractivity contribution is 6.23. The second-order valence-corrected chi connectivity index (χ2v) is 14.5. The minimum atomic E-state index is -1.68. The topological polar surface area (TPSA) is 132 Å². The molecule has 0 aliphatic heterocycles. The summed E-state index contributed by atoms with van der Waals surface area (Å²) in [5.41, 5.74) is -0.661. The fourth-order valence-corrected chi connectivity index (χ4v) is 7.64. The molecule has 7 heteroatoms. The summed E-state index contributed by atoms with van der Waals surface area (Å²) in [6.07, 6.45) is 5.00. The van der Waals surface area contributed by atoms with Gasteiger partial charge in [0, 0.05) is 5.56 Å². The van der Waals surface area contributed by atoms with Crippen molar-refractivity contribution in [3.05, 3.63) is 70.9 Å². The number of phenolic OH excluding ortho intramolecular Hbond substituents is 2. The molecule has 0 amide bonds. The van der Waals surface area contributed by atoms with Crippen molar-refractivity contribution in [3.63, 3.8) is 0 Å². The van der Waals surface area contributed by atoms with E-state index in [1.807, 2.05) is 60.6 Å². The number of carbonyl (C=O) groups excluding carboxylic acids is 3. The highest BCUT2D eigenvalue weighted by atomic mass is 16.3. The normalized spacial score (nSPS) is 29.9. The van der Waals surface area contributed by atoms with E-state index in [1.165, 1.54) is 12.1 Å². The summed E-state index contributed by atoms with van der Waals surface area (Å²) in [5.74, 6) is -4.55. The number of benzene rings is 1. The first-order chi connectivity index (χ1) is 20.9. The molecule has 0 aromatic heterocycles. The minimum Gasteiger partial charge on any atom is -0.504 e. The molecule has 0 radical (unpaired) electrons. The zero-order valence-corrected chi connectivity index (χ0v) is 28.2. The number of aliphatic hydroxyl groups excluding tert-OH is 2. The molecule has 7 atom stereocenters. The Labute approximate surface area is 268 Å². The zero-order valence-electron chi connectivity index (χ0n) is 28.2. The van der Waals surface area contributed by atoms with Crippen molar-refractivity contribution < 1.29 is 34.8 Å². The first kappa shape index (κ1) is 36.2. The van der Waals surface area contributed by atoms with Gasteiger partial charge in [-0.1, -0.05) is 54.0 Å². The molecule has 4 N–H and O–H groups in total. The molecule has 45 heavy (non-hydrogen) atoms. The maximum atomic E-state index is 15.3. The van der Waals surface area contributed by atoms with E-state index >= 15 is 9.59 Å². The fraction of sp³-hybridized carbons (Fsp3) is 0.553. The standard InChI is InChI=1S/C38H52O7/c1-22(2)11-10-16-36(9)27(20-29(40)25(7)8)21-37(17-14-23(3)4)33(43)31(32(42)26-12-13-28(39)30(41)19-26)34(44)38(36,35(37)45)18-15-24(5)6/h11-15,19,27,29,31,33,39-41,43H,7,10,16-18,20-21H2,1-6,8-9H3/t27-,29+,31?,33?,36+,37-,38+/m1/s1. The Morgan fingerprint density at radius 3 is 2.07 bits per heavy atom. The highest BCUT2D eigenvalue weighted by Crippen LogP contribution is 2.68. The molecule has 3 rings (SSSR count). The molecular formula is C38H52O7. The smallest absolute Gasteiger partial charge is 0.176 e. The van der Waals surface area contributed by atoms with Gasteiger partial charge >= 0.3 is 0 Å². The number of aromatic hydroxyl groups is 2. The summed E-state index contributed by atoms with van der Waals surface area (Å²) in [6.45, 7) is 19.2. The largest absolute Gasteiger partial charge is 0.504 e. The molecule has 246 valence electrons. The average molecular weight is 621 g/mol. The van der Waals surface area contributed by atoms with Crippen LogP contribution < -0.4 is 0 Å². The van der Waals surface area contributed by atoms with E-state index in [9.17, 15) is 25.2 Å². The van der Waals surface area contributed by atoms with E-state index in [-0.39, 0.29) is 42.9 Å². The summed E-state index contributed by atoms with van der Waals surface area (Å²) in [4.78, 5) is 44.7. The molecule has 2 aliphatic rings. The van der Waals surface area contributed by atoms with Gasteiger partial charge in [-0.25, -0.2) is 0 Å². The molecule has 2 fully saturated rings. The van der Waals surface area contributed by atoms with Gasteiger partial charge in [-0.05, 0) is 117 Å². The lowest BCUT2D eigenvalue weighted by molar-refractivity contribution is -0.201. The third-order valence-corrected chi connectivity index (χ3v) is 10.4. The Kier molecular flexibility index (Phi) is 10.9. The summed E-state index contributed by atoms with van der Waals surface area (Å²) in [5, 5.41) is 43.5. The first-order valence-corrected chi connectivity index (χ1v) is 15.9. The van der Waals surface area contributed by atoms with Crippen molar-refractivity contribution in [2.45, 2.75) is 106 Å². The van der Waals surface area contributed by atoms with Crippen molar-refractivity contribution in [2.24, 2.45) is 28.1 Å². The molecule has 2 aliphatic carbocycles. The molecule has 0 saturated heterocycles. The Morgan fingerprint density at radius 1 is 0.956 bits per heavy atom. The van der Waals surface area contributed by atoms with Gasteiger partial charge in [0.25, 0.3) is 0 Å². The lowest BCUT2D eigenvalue weighted by Gasteiger charge is -2.64. The van der Waals surface area contributed by atoms with Crippen molar-refractivity contribution >= 4 is 17.3 Å². The van der Waals surface area contributed by atoms with Gasteiger partial charge in [-0.3, -0.25) is 14.4 Å². The average Bonchev–Trinajstić information content (AvgIpc) is 2.94. The maximum Gasteiger partial charge on any atom is 0.176 e. The van der Waals surface area contributed by atoms with Crippen LogP contribution in [-0.2, 0) is 9.59 Å². The Balaban J connectivity index is 2.43. The summed E-state index contributed by atoms with van der Waals surface area (Å²) >= 11 is 0. The lowest BCUT2D eigenvalue weighted by Crippen LogP contribution is -2.74. The number of Topliss-reactive ketones (excluding diaryl/α,β-unsaturated/α-hetero) is 3. The van der Waals surface area contributed by atoms with Crippen LogP contribution in [0.25, 0.3) is 0 Å². The van der Waals surface area contributed by atoms with Crippen molar-refractivity contribution in [1.82, 2.24) is 0 Å². The number of aliphatic hydroxyl groups is 2. The third kappa shape index (κ3) is 6.52. The number of hydrogen-bond acceptors (Lipinski definition) is 7. The van der Waals surface area contributed by atoms with Gasteiger partial charge in [-0.2, -0.15) is 0 Å². The predicted molar refractivity (Wildman–Crippen MR) is 177 cm³/mol. The quantitative estimate of drug-likeness (QED) is 0.0841. The Hall–Kier alpha value is -3.29. The summed E-state index contributed by atoms with van der Waals surface area (Å²) in [6, 6.07) is 3.58. The van der Waals surface area contributed by atoms with Crippen LogP contribution in [0, 0.1) is 28.1 Å². The van der Waals surface area contributed by atoms with Crippen LogP contribution in [0.15, 0.2) is 65.3 Å². The highest BCUT2D eigenvalue weighted by Gasteiger charge is 2.75. The van der Waals surface area contributed by atoms with E-state index in [2.05, 4.69) is 12.7 Å². The molecule has 1 aromatic rings. The second kappa shape index (κ2) is 13.6. The Morgan fingerprint density at radius 2 is 1.53 bits per heavy atom. The number of carbonyl (C=O) groups is 3. The lowest BCUT2D eigenvalue weighted by atomic mass is 9.36. The molecular weight excluding hydrogens is 568 g/mol. The van der Waals surface area contributed by atoms with Crippen LogP contribution in [0.1, 0.15) is 104 Å². The SMILES string of the molecule is C=C(C)[C@@H](O)C[C@@H]1C[C@@]2(CC=C(C)C)C(=O)[C@](CC=C(C)C)(C(=O)C(C(=O)c3ccc(O)c(O)c3)C2O)[C@@]1(C)CCC=C(C)C. The molecule has 2 saturated carbocycles. The summed E-state index contributed by atoms with van der Waals surface area (Å²) in [7, 11) is 0. The molecule has 1 aromatic carbocycles. The van der Waals surface area contributed by atoms with Crippen LogP contribution in [0.4, 0.5) is 0 Å². The first-order valence-electron chi connectivity index (χ1n) is 15.9. The van der Waals surface area contributed by atoms with Crippen molar-refractivity contribution in [3.8, 4) is 11.5 Å². The maximum absolute atomic E-state index is 15.3. The van der Waals surface area contributed by atoms with Crippen LogP contribution in [0.5, 0.6) is 11.5 Å². The van der Waals surface area contributed by atoms with E-state index in [4.69, 9.17) is 0 Å². The Bertz CT molecular complexity index is 1440. The number of hydrogen-bond donors (Lipinski definition) is 4. The van der Waals surface area contributed by atoms with E-state index in [0.717, 1.165) is 22.8 Å². The third-order valence-electron chi connectivity index (χ3n) is 10.4.